The molecular formula is C11H15F2N. The van der Waals surface area contributed by atoms with Crippen LogP contribution in [0.25, 0.3) is 0 Å². The van der Waals surface area contributed by atoms with Gasteiger partial charge in [-0.15, -0.1) is 0 Å². The highest BCUT2D eigenvalue weighted by Gasteiger charge is 2.28. The molecule has 1 rings (SSSR count). The van der Waals surface area contributed by atoms with Crippen LogP contribution in [0.4, 0.5) is 8.78 Å². The van der Waals surface area contributed by atoms with Crippen molar-refractivity contribution in [3.8, 4) is 0 Å². The van der Waals surface area contributed by atoms with E-state index in [0.29, 0.717) is 6.54 Å². The van der Waals surface area contributed by atoms with Crippen molar-refractivity contribution < 1.29 is 8.78 Å². The lowest BCUT2D eigenvalue weighted by Gasteiger charge is -2.15. The van der Waals surface area contributed by atoms with E-state index in [0.717, 1.165) is 11.1 Å². The van der Waals surface area contributed by atoms with Crippen molar-refractivity contribution in [1.82, 2.24) is 0 Å². The molecule has 0 radical (unpaired) electrons. The first-order chi connectivity index (χ1) is 6.51. The summed E-state index contributed by atoms with van der Waals surface area (Å²) in [6.07, 6.45) is -0.172. The predicted octanol–water partition coefficient (Wildman–Crippen LogP) is 2.96. The minimum Gasteiger partial charge on any atom is -0.326 e. The first kappa shape index (κ1) is 11.1. The van der Waals surface area contributed by atoms with Gasteiger partial charge in [0.2, 0.25) is 0 Å². The fourth-order valence-corrected chi connectivity index (χ4v) is 1.36. The number of nitrogens with two attached hydrogens (primary N) is 1. The molecule has 78 valence electrons. The predicted molar refractivity (Wildman–Crippen MR) is 53.3 cm³/mol. The van der Waals surface area contributed by atoms with Crippen molar-refractivity contribution in [2.24, 2.45) is 5.73 Å². The van der Waals surface area contributed by atoms with Crippen molar-refractivity contribution in [2.45, 2.75) is 32.7 Å². The minimum absolute atomic E-state index is 0.0784. The average Bonchev–Trinajstić information content (AvgIpc) is 2.17. The molecule has 0 aromatic heterocycles. The normalized spacial score (nSPS) is 11.8. The van der Waals surface area contributed by atoms with Crippen molar-refractivity contribution in [2.75, 3.05) is 0 Å². The molecule has 0 spiro atoms. The summed E-state index contributed by atoms with van der Waals surface area (Å²) in [5, 5.41) is 0. The Hall–Kier alpha value is -0.960. The highest BCUT2D eigenvalue weighted by atomic mass is 19.3. The summed E-state index contributed by atoms with van der Waals surface area (Å²) in [4.78, 5) is 0. The zero-order valence-electron chi connectivity index (χ0n) is 8.48. The number of rotatable bonds is 3. The highest BCUT2D eigenvalue weighted by molar-refractivity contribution is 5.33. The molecule has 0 bridgehead atoms. The monoisotopic (exact) mass is 199 g/mol. The van der Waals surface area contributed by atoms with Crippen LogP contribution in [0.15, 0.2) is 18.2 Å². The third-order valence-corrected chi connectivity index (χ3v) is 2.43. The molecular weight excluding hydrogens is 184 g/mol. The molecule has 0 aliphatic heterocycles. The van der Waals surface area contributed by atoms with Crippen molar-refractivity contribution in [1.29, 1.82) is 0 Å². The van der Waals surface area contributed by atoms with Crippen LogP contribution in [0.3, 0.4) is 0 Å². The molecule has 0 saturated heterocycles. The van der Waals surface area contributed by atoms with Crippen LogP contribution < -0.4 is 5.73 Å². The molecule has 1 nitrogen and oxygen atoms in total. The fourth-order valence-electron chi connectivity index (χ4n) is 1.36. The van der Waals surface area contributed by atoms with Crippen LogP contribution in [0.2, 0.25) is 0 Å². The largest absolute Gasteiger partial charge is 0.326 e. The summed E-state index contributed by atoms with van der Waals surface area (Å²) in [5.74, 6) is -2.72. The molecule has 0 unspecified atom stereocenters. The lowest BCUT2D eigenvalue weighted by molar-refractivity contribution is -0.00835. The van der Waals surface area contributed by atoms with Gasteiger partial charge in [0.15, 0.2) is 0 Å². The maximum Gasteiger partial charge on any atom is 0.273 e. The molecule has 0 saturated carbocycles. The van der Waals surface area contributed by atoms with E-state index in [1.807, 2.05) is 0 Å². The smallest absolute Gasteiger partial charge is 0.273 e. The quantitative estimate of drug-likeness (QED) is 0.795. The van der Waals surface area contributed by atoms with Crippen LogP contribution >= 0.6 is 0 Å². The molecule has 0 fully saturated rings. The molecule has 3 heteroatoms. The van der Waals surface area contributed by atoms with Crippen LogP contribution in [-0.2, 0) is 12.5 Å². The van der Waals surface area contributed by atoms with Crippen molar-refractivity contribution in [3.63, 3.8) is 0 Å². The Morgan fingerprint density at radius 3 is 2.43 bits per heavy atom. The standard InChI is InChI=1S/C11H15F2N/c1-3-11(12,13)10-5-4-9(7-14)8(2)6-10/h4-6H,3,7,14H2,1-2H3. The Balaban J connectivity index is 3.08. The Kier molecular flexibility index (Phi) is 3.21. The Bertz CT molecular complexity index is 321. The van der Waals surface area contributed by atoms with Crippen LogP contribution in [-0.4, -0.2) is 0 Å². The van der Waals surface area contributed by atoms with Gasteiger partial charge in [-0.2, -0.15) is 0 Å². The Morgan fingerprint density at radius 1 is 1.36 bits per heavy atom. The van der Waals surface area contributed by atoms with Gasteiger partial charge in [-0.25, -0.2) is 8.78 Å². The van der Waals surface area contributed by atoms with E-state index in [-0.39, 0.29) is 12.0 Å². The summed E-state index contributed by atoms with van der Waals surface area (Å²) in [6, 6.07) is 4.65. The van der Waals surface area contributed by atoms with Crippen molar-refractivity contribution in [3.05, 3.63) is 34.9 Å². The minimum atomic E-state index is -2.72. The van der Waals surface area contributed by atoms with Gasteiger partial charge in [-0.1, -0.05) is 19.1 Å². The topological polar surface area (TPSA) is 26.0 Å². The van der Waals surface area contributed by atoms with E-state index < -0.39 is 5.92 Å². The molecule has 2 N–H and O–H groups in total. The van der Waals surface area contributed by atoms with E-state index in [1.54, 1.807) is 13.0 Å². The van der Waals surface area contributed by atoms with E-state index >= 15 is 0 Å². The SMILES string of the molecule is CCC(F)(F)c1ccc(CN)c(C)c1. The van der Waals surface area contributed by atoms with E-state index in [2.05, 4.69) is 0 Å². The molecule has 1 aromatic rings. The molecule has 0 atom stereocenters. The van der Waals surface area contributed by atoms with Crippen LogP contribution in [0.5, 0.6) is 0 Å². The second-order valence-electron chi connectivity index (χ2n) is 3.40. The molecule has 0 amide bonds. The second-order valence-corrected chi connectivity index (χ2v) is 3.40. The summed E-state index contributed by atoms with van der Waals surface area (Å²) >= 11 is 0. The van der Waals surface area contributed by atoms with Crippen molar-refractivity contribution >= 4 is 0 Å². The lowest BCUT2D eigenvalue weighted by atomic mass is 10.00. The zero-order chi connectivity index (χ0) is 10.8. The van der Waals surface area contributed by atoms with Gasteiger partial charge >= 0.3 is 0 Å². The van der Waals surface area contributed by atoms with Gasteiger partial charge in [0, 0.05) is 18.5 Å². The summed E-state index contributed by atoms with van der Waals surface area (Å²) in [6.45, 7) is 3.67. The summed E-state index contributed by atoms with van der Waals surface area (Å²) in [7, 11) is 0. The third kappa shape index (κ3) is 2.10. The fraction of sp³-hybridized carbons (Fsp3) is 0.455. The second kappa shape index (κ2) is 4.05. The maximum absolute atomic E-state index is 13.3. The number of halogens is 2. The number of hydrogen-bond acceptors (Lipinski definition) is 1. The third-order valence-electron chi connectivity index (χ3n) is 2.43. The molecule has 0 heterocycles. The lowest BCUT2D eigenvalue weighted by Crippen LogP contribution is -2.12. The molecule has 0 aliphatic carbocycles. The maximum atomic E-state index is 13.3. The van der Waals surface area contributed by atoms with Gasteiger partial charge in [-0.3, -0.25) is 0 Å². The van der Waals surface area contributed by atoms with Gasteiger partial charge in [0.25, 0.3) is 5.92 Å². The molecule has 14 heavy (non-hydrogen) atoms. The van der Waals surface area contributed by atoms with Gasteiger partial charge in [0.1, 0.15) is 0 Å². The van der Waals surface area contributed by atoms with Crippen LogP contribution in [0, 0.1) is 6.92 Å². The first-order valence-corrected chi connectivity index (χ1v) is 4.69. The summed E-state index contributed by atoms with van der Waals surface area (Å²) < 4.78 is 26.5. The van der Waals surface area contributed by atoms with E-state index in [1.165, 1.54) is 19.1 Å². The Labute approximate surface area is 82.9 Å². The number of hydrogen-bond donors (Lipinski definition) is 1. The average molecular weight is 199 g/mol. The number of benzene rings is 1. The number of alkyl halides is 2. The highest BCUT2D eigenvalue weighted by Crippen LogP contribution is 2.32. The van der Waals surface area contributed by atoms with E-state index in [4.69, 9.17) is 5.73 Å². The van der Waals surface area contributed by atoms with Gasteiger partial charge < -0.3 is 5.73 Å². The zero-order valence-corrected chi connectivity index (χ0v) is 8.48. The van der Waals surface area contributed by atoms with Crippen LogP contribution in [0.1, 0.15) is 30.0 Å². The number of aryl methyl sites for hydroxylation is 1. The molecule has 1 aromatic carbocycles. The summed E-state index contributed by atoms with van der Waals surface area (Å²) in [5.41, 5.74) is 7.28. The Morgan fingerprint density at radius 2 is 2.00 bits per heavy atom. The first-order valence-electron chi connectivity index (χ1n) is 4.69. The molecule has 0 aliphatic rings. The van der Waals surface area contributed by atoms with Gasteiger partial charge in [-0.05, 0) is 24.1 Å². The van der Waals surface area contributed by atoms with E-state index in [9.17, 15) is 8.78 Å². The van der Waals surface area contributed by atoms with Gasteiger partial charge in [0.05, 0.1) is 0 Å².